The molecular weight excluding hydrogens is 893 g/mol. The molecule has 70 heavy (non-hydrogen) atoms. The molecule has 4 aliphatic heterocycles. The van der Waals surface area contributed by atoms with Gasteiger partial charge in [-0.25, -0.2) is 49.8 Å². The lowest BCUT2D eigenvalue weighted by molar-refractivity contribution is 0.103. The number of nitrogens with two attached hydrogens (primary N) is 2. The lowest BCUT2D eigenvalue weighted by Crippen LogP contribution is -2.38. The van der Waals surface area contributed by atoms with Crippen LogP contribution in [0.3, 0.4) is 0 Å². The van der Waals surface area contributed by atoms with Crippen molar-refractivity contribution in [1.82, 2.24) is 68.9 Å². The van der Waals surface area contributed by atoms with Crippen molar-refractivity contribution in [2.75, 3.05) is 110 Å². The first kappa shape index (κ1) is 43.2. The molecule has 23 heteroatoms. The number of ether oxygens (including phenoxy) is 2. The molecule has 0 aliphatic carbocycles. The number of hydrogen-bond acceptors (Lipinski definition) is 21. The topological polar surface area (TPSA) is 265 Å². The summed E-state index contributed by atoms with van der Waals surface area (Å²) in [5.74, 6) is 2.80. The molecule has 0 atom stereocenters. The van der Waals surface area contributed by atoms with Gasteiger partial charge in [0.05, 0.1) is 50.2 Å². The Bertz CT molecular complexity index is 2960. The summed E-state index contributed by atoms with van der Waals surface area (Å²) in [5.41, 5.74) is 18.3. The smallest absolute Gasteiger partial charge is 0.228 e. The van der Waals surface area contributed by atoms with Gasteiger partial charge in [0.15, 0.2) is 17.1 Å². The third-order valence-corrected chi connectivity index (χ3v) is 13.7. The average Bonchev–Trinajstić information content (AvgIpc) is 4.06. The summed E-state index contributed by atoms with van der Waals surface area (Å²) in [6.07, 6.45) is 17.0. The van der Waals surface area contributed by atoms with E-state index in [-0.39, 0.29) is 29.8 Å². The van der Waals surface area contributed by atoms with Crippen molar-refractivity contribution in [2.45, 2.75) is 37.8 Å². The minimum atomic E-state index is -0.116. The highest BCUT2D eigenvalue weighted by molar-refractivity contribution is 6.14. The standard InChI is InChI=1S/C47H50N20O3/c48-44-52-23-29(24-53-44)35-37-42(60-46(58-35)64-15-19-69-20-16-64)66(27-56-37)31-5-11-62(12-6-31)40-33(3-1-9-50-40)39(68)34-4-2-10-51-41(34)63-13-7-32(8-14-63)67-28-57-38-36(30-25-54-45(49)55-26-30)59-47(61-43(38)67)65-17-21-70-22-18-65/h1-4,9-10,23-28,31-32H,5-8,11-22H2,(H2,48,52,53)(H2,49,54,55). The van der Waals surface area contributed by atoms with Crippen LogP contribution in [0.5, 0.6) is 0 Å². The van der Waals surface area contributed by atoms with Gasteiger partial charge >= 0.3 is 0 Å². The van der Waals surface area contributed by atoms with Gasteiger partial charge in [0, 0.05) is 113 Å². The Balaban J connectivity index is 0.768. The lowest BCUT2D eigenvalue weighted by Gasteiger charge is -2.35. The molecule has 0 bridgehead atoms. The molecule has 0 aromatic carbocycles. The van der Waals surface area contributed by atoms with Crippen molar-refractivity contribution in [3.05, 3.63) is 85.2 Å². The Morgan fingerprint density at radius 1 is 0.500 bits per heavy atom. The molecule has 4 fully saturated rings. The van der Waals surface area contributed by atoms with Crippen molar-refractivity contribution in [3.63, 3.8) is 0 Å². The van der Waals surface area contributed by atoms with Crippen LogP contribution in [0, 0.1) is 0 Å². The minimum Gasteiger partial charge on any atom is -0.378 e. The van der Waals surface area contributed by atoms with Crippen LogP contribution in [0.4, 0.5) is 35.4 Å². The highest BCUT2D eigenvalue weighted by atomic mass is 16.5. The Morgan fingerprint density at radius 3 is 1.30 bits per heavy atom. The molecule has 0 saturated carbocycles. The Labute approximate surface area is 401 Å². The zero-order valence-electron chi connectivity index (χ0n) is 38.3. The van der Waals surface area contributed by atoms with Gasteiger partial charge in [0.25, 0.3) is 0 Å². The third kappa shape index (κ3) is 8.14. The quantitative estimate of drug-likeness (QED) is 0.186. The van der Waals surface area contributed by atoms with Crippen LogP contribution < -0.4 is 31.1 Å². The van der Waals surface area contributed by atoms with Gasteiger partial charge in [-0.05, 0) is 49.9 Å². The molecule has 0 unspecified atom stereocenters. The van der Waals surface area contributed by atoms with E-state index in [4.69, 9.17) is 60.8 Å². The zero-order valence-corrected chi connectivity index (χ0v) is 38.3. The molecule has 4 N–H and O–H groups in total. The average molecular weight is 943 g/mol. The van der Waals surface area contributed by atoms with E-state index in [2.05, 4.69) is 48.7 Å². The summed E-state index contributed by atoms with van der Waals surface area (Å²) < 4.78 is 15.6. The van der Waals surface area contributed by atoms with Crippen molar-refractivity contribution < 1.29 is 14.3 Å². The molecular formula is C47H50N20O3. The lowest BCUT2D eigenvalue weighted by atomic mass is 9.99. The van der Waals surface area contributed by atoms with Crippen LogP contribution in [0.1, 0.15) is 53.7 Å². The van der Waals surface area contributed by atoms with Gasteiger partial charge in [-0.2, -0.15) is 9.97 Å². The van der Waals surface area contributed by atoms with Crippen LogP contribution >= 0.6 is 0 Å². The maximum absolute atomic E-state index is 14.8. The largest absolute Gasteiger partial charge is 0.378 e. The Hall–Kier alpha value is -8.05. The molecule has 356 valence electrons. The van der Waals surface area contributed by atoms with E-state index in [0.717, 1.165) is 37.0 Å². The summed E-state index contributed by atoms with van der Waals surface area (Å²) >= 11 is 0. The monoisotopic (exact) mass is 942 g/mol. The number of nitrogens with zero attached hydrogens (tertiary/aromatic N) is 18. The summed E-state index contributed by atoms with van der Waals surface area (Å²) in [6, 6.07) is 7.59. The molecule has 0 spiro atoms. The third-order valence-electron chi connectivity index (χ3n) is 13.7. The SMILES string of the molecule is Nc1ncc(-c2nc(N3CCOCC3)nc3c2ncn3C2CCN(c3ncccc3C(=O)c3cccnc3N3CCC(n4cnc5c(-c6cnc(N)nc6)nc(N6CCOCC6)nc54)CC3)CC2)cn1. The number of piperidine rings is 2. The molecule has 8 aromatic heterocycles. The minimum absolute atomic E-state index is 0.0971. The van der Waals surface area contributed by atoms with Crippen molar-refractivity contribution in [3.8, 4) is 22.5 Å². The number of nitrogen functional groups attached to an aromatic ring is 2. The fourth-order valence-corrected chi connectivity index (χ4v) is 9.99. The van der Waals surface area contributed by atoms with Gasteiger partial charge < -0.3 is 49.7 Å². The van der Waals surface area contributed by atoms with Gasteiger partial charge in [0.1, 0.15) is 34.1 Å². The highest BCUT2D eigenvalue weighted by Crippen LogP contribution is 2.36. The maximum Gasteiger partial charge on any atom is 0.228 e. The van der Waals surface area contributed by atoms with Crippen LogP contribution in [0.25, 0.3) is 44.8 Å². The number of rotatable bonds is 10. The number of carbonyl (C=O) groups excluding carboxylic acids is 1. The van der Waals surface area contributed by atoms with E-state index >= 15 is 0 Å². The second-order valence-corrected chi connectivity index (χ2v) is 17.8. The predicted molar refractivity (Wildman–Crippen MR) is 260 cm³/mol. The number of imidazole rings is 2. The number of ketones is 1. The number of pyridine rings is 2. The summed E-state index contributed by atoms with van der Waals surface area (Å²) in [4.78, 5) is 79.9. The van der Waals surface area contributed by atoms with Gasteiger partial charge in [-0.3, -0.25) is 4.79 Å². The van der Waals surface area contributed by atoms with Crippen LogP contribution in [0.2, 0.25) is 0 Å². The van der Waals surface area contributed by atoms with E-state index < -0.39 is 0 Å². The van der Waals surface area contributed by atoms with Crippen molar-refractivity contribution in [1.29, 1.82) is 0 Å². The normalized spacial score (nSPS) is 17.5. The number of anilines is 6. The number of hydrogen-bond donors (Lipinski definition) is 2. The summed E-state index contributed by atoms with van der Waals surface area (Å²) in [7, 11) is 0. The number of fused-ring (bicyclic) bond motifs is 2. The zero-order chi connectivity index (χ0) is 47.1. The maximum atomic E-state index is 14.8. The Kier molecular flexibility index (Phi) is 11.4. The van der Waals surface area contributed by atoms with E-state index in [1.165, 1.54) is 0 Å². The van der Waals surface area contributed by atoms with Crippen LogP contribution in [0.15, 0.2) is 74.1 Å². The molecule has 8 aromatic rings. The Morgan fingerprint density at radius 2 is 0.900 bits per heavy atom. The van der Waals surface area contributed by atoms with Crippen molar-refractivity contribution in [2.24, 2.45) is 0 Å². The second kappa shape index (κ2) is 18.5. The first-order chi connectivity index (χ1) is 34.4. The molecule has 0 radical (unpaired) electrons. The van der Waals surface area contributed by atoms with E-state index in [1.54, 1.807) is 37.2 Å². The summed E-state index contributed by atoms with van der Waals surface area (Å²) in [6.45, 7) is 7.82. The van der Waals surface area contributed by atoms with Crippen molar-refractivity contribution >= 4 is 63.5 Å². The first-order valence-corrected chi connectivity index (χ1v) is 23.7. The van der Waals surface area contributed by atoms with E-state index in [1.807, 2.05) is 36.9 Å². The predicted octanol–water partition coefficient (Wildman–Crippen LogP) is 3.42. The summed E-state index contributed by atoms with van der Waals surface area (Å²) in [5, 5.41) is 0. The van der Waals surface area contributed by atoms with Gasteiger partial charge in [-0.15, -0.1) is 0 Å². The fourth-order valence-electron chi connectivity index (χ4n) is 9.99. The highest BCUT2D eigenvalue weighted by Gasteiger charge is 2.32. The molecule has 23 nitrogen and oxygen atoms in total. The van der Waals surface area contributed by atoms with Gasteiger partial charge in [0.2, 0.25) is 23.8 Å². The number of morpholine rings is 2. The van der Waals surface area contributed by atoms with E-state index in [0.29, 0.717) is 147 Å². The number of aromatic nitrogens is 14. The number of carbonyl (C=O) groups is 1. The first-order valence-electron chi connectivity index (χ1n) is 23.7. The molecule has 4 saturated heterocycles. The molecule has 12 heterocycles. The molecule has 12 rings (SSSR count). The fraction of sp³-hybridized carbons (Fsp3) is 0.383. The van der Waals surface area contributed by atoms with Gasteiger partial charge in [-0.1, -0.05) is 0 Å². The van der Waals surface area contributed by atoms with Crippen LogP contribution in [-0.2, 0) is 9.47 Å². The van der Waals surface area contributed by atoms with E-state index in [9.17, 15) is 4.79 Å². The van der Waals surface area contributed by atoms with Crippen LogP contribution in [-0.4, -0.2) is 154 Å². The molecule has 4 aliphatic rings. The second-order valence-electron chi connectivity index (χ2n) is 17.8. The molecule has 0 amide bonds.